The summed E-state index contributed by atoms with van der Waals surface area (Å²) >= 11 is 0. The van der Waals surface area contributed by atoms with E-state index in [-0.39, 0.29) is 29.2 Å². The number of amides is 1. The Balaban J connectivity index is 1.70. The summed E-state index contributed by atoms with van der Waals surface area (Å²) in [5, 5.41) is 11.8. The fourth-order valence-corrected chi connectivity index (χ4v) is 3.50. The molecule has 1 saturated heterocycles. The molecule has 6 heteroatoms. The first-order chi connectivity index (χ1) is 9.91. The van der Waals surface area contributed by atoms with Crippen LogP contribution in [0.3, 0.4) is 0 Å². The smallest absolute Gasteiger partial charge is 0.354 e. The summed E-state index contributed by atoms with van der Waals surface area (Å²) in [5.74, 6) is -0.953. The first-order valence-electron chi connectivity index (χ1n) is 7.03. The van der Waals surface area contributed by atoms with Gasteiger partial charge in [-0.05, 0) is 18.6 Å². The number of ether oxygens (including phenoxy) is 1. The van der Waals surface area contributed by atoms with Crippen molar-refractivity contribution < 1.29 is 19.4 Å². The van der Waals surface area contributed by atoms with Gasteiger partial charge in [0, 0.05) is 30.2 Å². The molecule has 0 unspecified atom stereocenters. The van der Waals surface area contributed by atoms with E-state index in [2.05, 4.69) is 24.1 Å². The molecule has 1 saturated carbocycles. The summed E-state index contributed by atoms with van der Waals surface area (Å²) in [5.41, 5.74) is 0.226. The van der Waals surface area contributed by atoms with Crippen LogP contribution in [-0.4, -0.2) is 40.7 Å². The molecular formula is C15H18N2O4. The predicted octanol–water partition coefficient (Wildman–Crippen LogP) is 1.32. The van der Waals surface area contributed by atoms with Crippen molar-refractivity contribution in [3.05, 3.63) is 29.6 Å². The van der Waals surface area contributed by atoms with Crippen molar-refractivity contribution >= 4 is 11.9 Å². The molecule has 0 bridgehead atoms. The normalized spacial score (nSPS) is 29.3. The van der Waals surface area contributed by atoms with E-state index >= 15 is 0 Å². The lowest BCUT2D eigenvalue weighted by Gasteiger charge is -2.54. The van der Waals surface area contributed by atoms with Gasteiger partial charge in [-0.15, -0.1) is 0 Å². The topological polar surface area (TPSA) is 88.5 Å². The summed E-state index contributed by atoms with van der Waals surface area (Å²) in [7, 11) is 0. The van der Waals surface area contributed by atoms with E-state index in [1.54, 1.807) is 0 Å². The van der Waals surface area contributed by atoms with Crippen LogP contribution >= 0.6 is 0 Å². The Hall–Kier alpha value is -1.95. The Kier molecular flexibility index (Phi) is 3.20. The van der Waals surface area contributed by atoms with Crippen molar-refractivity contribution in [2.24, 2.45) is 11.3 Å². The fourth-order valence-electron chi connectivity index (χ4n) is 3.50. The molecule has 1 aromatic rings. The number of carbonyl (C=O) groups is 2. The number of hydrogen-bond donors (Lipinski definition) is 2. The van der Waals surface area contributed by atoms with Gasteiger partial charge in [0.1, 0.15) is 5.69 Å². The van der Waals surface area contributed by atoms with Gasteiger partial charge in [0.2, 0.25) is 0 Å². The van der Waals surface area contributed by atoms with Gasteiger partial charge in [-0.25, -0.2) is 9.78 Å². The van der Waals surface area contributed by atoms with Crippen LogP contribution in [0.2, 0.25) is 0 Å². The van der Waals surface area contributed by atoms with Gasteiger partial charge in [-0.2, -0.15) is 0 Å². The highest BCUT2D eigenvalue weighted by atomic mass is 16.5. The van der Waals surface area contributed by atoms with Crippen LogP contribution < -0.4 is 5.32 Å². The van der Waals surface area contributed by atoms with Crippen LogP contribution in [-0.2, 0) is 4.74 Å². The minimum atomic E-state index is -1.10. The number of carboxylic acids is 1. The van der Waals surface area contributed by atoms with E-state index in [1.807, 2.05) is 0 Å². The Morgan fingerprint density at radius 3 is 2.81 bits per heavy atom. The quantitative estimate of drug-likeness (QED) is 0.876. The molecule has 1 aliphatic heterocycles. The highest BCUT2D eigenvalue weighted by Crippen LogP contribution is 2.52. The van der Waals surface area contributed by atoms with Gasteiger partial charge in [0.25, 0.3) is 5.91 Å². The van der Waals surface area contributed by atoms with Crippen LogP contribution in [0.25, 0.3) is 0 Å². The van der Waals surface area contributed by atoms with E-state index in [9.17, 15) is 9.59 Å². The number of carbonyl (C=O) groups excluding carboxylic acids is 1. The summed E-state index contributed by atoms with van der Waals surface area (Å²) in [4.78, 5) is 26.8. The molecule has 21 heavy (non-hydrogen) atoms. The SMILES string of the molecule is CC1(C)[C@H](NC(=O)c2ccc(C(=O)O)nc2)[C@@H]2CCO[C@@H]21. The van der Waals surface area contributed by atoms with E-state index in [0.717, 1.165) is 13.0 Å². The number of rotatable bonds is 3. The number of aromatic carboxylic acids is 1. The third-order valence-electron chi connectivity index (χ3n) is 4.63. The Labute approximate surface area is 122 Å². The summed E-state index contributed by atoms with van der Waals surface area (Å²) in [6.45, 7) is 4.94. The summed E-state index contributed by atoms with van der Waals surface area (Å²) < 4.78 is 5.70. The number of carboxylic acid groups (broad SMARTS) is 1. The molecule has 112 valence electrons. The predicted molar refractivity (Wildman–Crippen MR) is 74.1 cm³/mol. The maximum absolute atomic E-state index is 12.3. The van der Waals surface area contributed by atoms with Gasteiger partial charge in [0.05, 0.1) is 11.7 Å². The first-order valence-corrected chi connectivity index (χ1v) is 7.03. The Bertz CT molecular complexity index is 582. The van der Waals surface area contributed by atoms with Crippen LogP contribution in [0.15, 0.2) is 18.3 Å². The lowest BCUT2D eigenvalue weighted by molar-refractivity contribution is -0.108. The number of pyridine rings is 1. The van der Waals surface area contributed by atoms with E-state index in [0.29, 0.717) is 11.5 Å². The van der Waals surface area contributed by atoms with Crippen LogP contribution in [0.5, 0.6) is 0 Å². The van der Waals surface area contributed by atoms with Crippen molar-refractivity contribution in [1.82, 2.24) is 10.3 Å². The molecule has 2 heterocycles. The zero-order valence-electron chi connectivity index (χ0n) is 12.0. The molecule has 2 N–H and O–H groups in total. The highest BCUT2D eigenvalue weighted by molar-refractivity contribution is 5.95. The molecule has 0 spiro atoms. The number of hydrogen-bond acceptors (Lipinski definition) is 4. The van der Waals surface area contributed by atoms with Gasteiger partial charge >= 0.3 is 5.97 Å². The van der Waals surface area contributed by atoms with Gasteiger partial charge in [0.15, 0.2) is 0 Å². The molecule has 0 aromatic carbocycles. The van der Waals surface area contributed by atoms with Crippen LogP contribution in [0.4, 0.5) is 0 Å². The lowest BCUT2D eigenvalue weighted by atomic mass is 9.57. The van der Waals surface area contributed by atoms with Crippen LogP contribution in [0, 0.1) is 11.3 Å². The largest absolute Gasteiger partial charge is 0.477 e. The van der Waals surface area contributed by atoms with E-state index < -0.39 is 5.97 Å². The number of nitrogens with one attached hydrogen (secondary N) is 1. The molecule has 2 aliphatic rings. The molecule has 1 aromatic heterocycles. The second-order valence-electron chi connectivity index (χ2n) is 6.25. The van der Waals surface area contributed by atoms with Crippen molar-refractivity contribution in [3.8, 4) is 0 Å². The average molecular weight is 290 g/mol. The third kappa shape index (κ3) is 2.19. The highest BCUT2D eigenvalue weighted by Gasteiger charge is 2.59. The molecular weight excluding hydrogens is 272 g/mol. The molecule has 1 aliphatic carbocycles. The fraction of sp³-hybridized carbons (Fsp3) is 0.533. The number of nitrogens with zero attached hydrogens (tertiary/aromatic N) is 1. The zero-order valence-corrected chi connectivity index (χ0v) is 12.0. The zero-order chi connectivity index (χ0) is 15.2. The molecule has 2 fully saturated rings. The van der Waals surface area contributed by atoms with E-state index in [1.165, 1.54) is 18.3 Å². The lowest BCUT2D eigenvalue weighted by Crippen LogP contribution is -2.66. The van der Waals surface area contributed by atoms with Crippen molar-refractivity contribution in [3.63, 3.8) is 0 Å². The standard InChI is InChI=1S/C15H18N2O4/c1-15(2)11(9-5-6-21-12(9)15)17-13(18)8-3-4-10(14(19)20)16-7-8/h3-4,7,9,11-12H,5-6H2,1-2H3,(H,17,18)(H,19,20)/t9-,11+,12-/m0/s1. The number of fused-ring (bicyclic) bond motifs is 1. The van der Waals surface area contributed by atoms with Crippen molar-refractivity contribution in [2.75, 3.05) is 6.61 Å². The minimum Gasteiger partial charge on any atom is -0.477 e. The maximum Gasteiger partial charge on any atom is 0.354 e. The molecule has 1 amide bonds. The Morgan fingerprint density at radius 1 is 1.43 bits per heavy atom. The number of aromatic nitrogens is 1. The van der Waals surface area contributed by atoms with Crippen molar-refractivity contribution in [2.45, 2.75) is 32.4 Å². The molecule has 3 rings (SSSR count). The summed E-state index contributed by atoms with van der Waals surface area (Å²) in [6, 6.07) is 2.90. The first kappa shape index (κ1) is 14.0. The monoisotopic (exact) mass is 290 g/mol. The minimum absolute atomic E-state index is 0.0696. The third-order valence-corrected chi connectivity index (χ3v) is 4.63. The van der Waals surface area contributed by atoms with Gasteiger partial charge in [-0.3, -0.25) is 4.79 Å². The van der Waals surface area contributed by atoms with Gasteiger partial charge < -0.3 is 15.2 Å². The average Bonchev–Trinajstić information content (AvgIpc) is 2.91. The Morgan fingerprint density at radius 2 is 2.19 bits per heavy atom. The molecule has 3 atom stereocenters. The van der Waals surface area contributed by atoms with Crippen molar-refractivity contribution in [1.29, 1.82) is 0 Å². The second kappa shape index (κ2) is 4.80. The van der Waals surface area contributed by atoms with E-state index in [4.69, 9.17) is 9.84 Å². The maximum atomic E-state index is 12.3. The summed E-state index contributed by atoms with van der Waals surface area (Å²) in [6.07, 6.45) is 2.48. The van der Waals surface area contributed by atoms with Gasteiger partial charge in [-0.1, -0.05) is 13.8 Å². The second-order valence-corrected chi connectivity index (χ2v) is 6.25. The molecule has 6 nitrogen and oxygen atoms in total. The van der Waals surface area contributed by atoms with Crippen LogP contribution in [0.1, 0.15) is 41.1 Å². The molecule has 0 radical (unpaired) electrons.